The molecule has 0 bridgehead atoms. The first-order valence-corrected chi connectivity index (χ1v) is 5.71. The maximum absolute atomic E-state index is 11.7. The first-order chi connectivity index (χ1) is 7.69. The van der Waals surface area contributed by atoms with Gasteiger partial charge in [-0.25, -0.2) is 4.98 Å². The van der Waals surface area contributed by atoms with Crippen LogP contribution in [0.25, 0.3) is 10.2 Å². The van der Waals surface area contributed by atoms with Gasteiger partial charge in [0.25, 0.3) is 0 Å². The van der Waals surface area contributed by atoms with Gasteiger partial charge in [-0.05, 0) is 18.6 Å². The highest BCUT2D eigenvalue weighted by atomic mass is 32.1. The van der Waals surface area contributed by atoms with Crippen molar-refractivity contribution in [2.75, 3.05) is 13.7 Å². The summed E-state index contributed by atoms with van der Waals surface area (Å²) in [6.45, 7) is 1.93. The molecule has 1 heterocycles. The molecule has 0 radical (unpaired) electrons. The Morgan fingerprint density at radius 1 is 1.62 bits per heavy atom. The number of Topliss-reactive ketones (excluding diaryl/α,β-unsaturated/α-hetero) is 1. The van der Waals surface area contributed by atoms with Crippen LogP contribution in [0.1, 0.15) is 15.9 Å². The second kappa shape index (κ2) is 4.19. The average molecular weight is 236 g/mol. The molecule has 0 atom stereocenters. The Kier molecular flexibility index (Phi) is 2.89. The summed E-state index contributed by atoms with van der Waals surface area (Å²) < 4.78 is 6.31. The summed E-state index contributed by atoms with van der Waals surface area (Å²) >= 11 is 1.54. The monoisotopic (exact) mass is 236 g/mol. The number of fused-ring (bicyclic) bond motifs is 1. The number of methoxy groups -OCH3 is 1. The van der Waals surface area contributed by atoms with Gasteiger partial charge in [0.15, 0.2) is 11.5 Å². The fourth-order valence-electron chi connectivity index (χ4n) is 1.69. The highest BCUT2D eigenvalue weighted by Crippen LogP contribution is 2.33. The van der Waals surface area contributed by atoms with Gasteiger partial charge in [-0.1, -0.05) is 0 Å². The zero-order valence-electron chi connectivity index (χ0n) is 9.11. The molecule has 84 valence electrons. The van der Waals surface area contributed by atoms with Crippen molar-refractivity contribution in [1.82, 2.24) is 4.98 Å². The Bertz CT molecular complexity index is 548. The summed E-state index contributed by atoms with van der Waals surface area (Å²) in [6, 6.07) is 1.81. The Labute approximate surface area is 97.0 Å². The van der Waals surface area contributed by atoms with E-state index in [9.17, 15) is 4.79 Å². The highest BCUT2D eigenvalue weighted by Gasteiger charge is 2.17. The SMILES string of the molecule is COc1c(C(=O)CN)cc(C)c2scnc12. The number of carbonyl (C=O) groups excluding carboxylic acids is 1. The Morgan fingerprint density at radius 2 is 2.38 bits per heavy atom. The van der Waals surface area contributed by atoms with E-state index in [2.05, 4.69) is 4.98 Å². The number of carbonyl (C=O) groups is 1. The van der Waals surface area contributed by atoms with E-state index < -0.39 is 0 Å². The van der Waals surface area contributed by atoms with E-state index >= 15 is 0 Å². The van der Waals surface area contributed by atoms with Crippen LogP contribution in [0, 0.1) is 6.92 Å². The molecule has 0 aliphatic carbocycles. The highest BCUT2D eigenvalue weighted by molar-refractivity contribution is 7.17. The predicted octanol–water partition coefficient (Wildman–Crippen LogP) is 1.75. The van der Waals surface area contributed by atoms with Crippen molar-refractivity contribution in [2.45, 2.75) is 6.92 Å². The summed E-state index contributed by atoms with van der Waals surface area (Å²) in [5.41, 5.74) is 9.40. The van der Waals surface area contributed by atoms with Crippen LogP contribution < -0.4 is 10.5 Å². The van der Waals surface area contributed by atoms with Gasteiger partial charge in [-0.2, -0.15) is 0 Å². The maximum atomic E-state index is 11.7. The van der Waals surface area contributed by atoms with E-state index in [0.29, 0.717) is 11.3 Å². The van der Waals surface area contributed by atoms with Crippen LogP contribution >= 0.6 is 11.3 Å². The molecule has 2 N–H and O–H groups in total. The number of ketones is 1. The van der Waals surface area contributed by atoms with Gasteiger partial charge in [-0.3, -0.25) is 4.79 Å². The lowest BCUT2D eigenvalue weighted by Gasteiger charge is -2.09. The van der Waals surface area contributed by atoms with Crippen molar-refractivity contribution in [3.8, 4) is 5.75 Å². The van der Waals surface area contributed by atoms with E-state index in [0.717, 1.165) is 15.8 Å². The molecule has 0 fully saturated rings. The van der Waals surface area contributed by atoms with Crippen LogP contribution in [0.2, 0.25) is 0 Å². The van der Waals surface area contributed by atoms with E-state index in [1.807, 2.05) is 13.0 Å². The third kappa shape index (κ3) is 1.58. The first kappa shape index (κ1) is 11.0. The minimum atomic E-state index is -0.130. The van der Waals surface area contributed by atoms with Crippen LogP contribution in [-0.4, -0.2) is 24.4 Å². The van der Waals surface area contributed by atoms with Crippen molar-refractivity contribution in [3.63, 3.8) is 0 Å². The molecule has 16 heavy (non-hydrogen) atoms. The Morgan fingerprint density at radius 3 is 3.00 bits per heavy atom. The molecule has 0 amide bonds. The average Bonchev–Trinajstić information content (AvgIpc) is 2.77. The molecule has 0 spiro atoms. The number of thiazole rings is 1. The minimum absolute atomic E-state index is 0.0224. The van der Waals surface area contributed by atoms with Crippen LogP contribution in [-0.2, 0) is 0 Å². The van der Waals surface area contributed by atoms with Gasteiger partial charge in [0.2, 0.25) is 0 Å². The van der Waals surface area contributed by atoms with E-state index in [1.54, 1.807) is 5.51 Å². The number of aromatic nitrogens is 1. The standard InChI is InChI=1S/C11H12N2O2S/c1-6-3-7(8(14)4-12)10(15-2)9-11(6)16-5-13-9/h3,5H,4,12H2,1-2H3. The van der Waals surface area contributed by atoms with Crippen LogP contribution in [0.15, 0.2) is 11.6 Å². The van der Waals surface area contributed by atoms with Gasteiger partial charge in [0.05, 0.1) is 29.4 Å². The summed E-state index contributed by atoms with van der Waals surface area (Å²) in [6.07, 6.45) is 0. The molecule has 2 aromatic rings. The first-order valence-electron chi connectivity index (χ1n) is 4.83. The van der Waals surface area contributed by atoms with E-state index in [-0.39, 0.29) is 12.3 Å². The predicted molar refractivity (Wildman–Crippen MR) is 64.3 cm³/mol. The van der Waals surface area contributed by atoms with Gasteiger partial charge in [0.1, 0.15) is 5.52 Å². The van der Waals surface area contributed by atoms with Crippen molar-refractivity contribution in [3.05, 3.63) is 22.7 Å². The summed E-state index contributed by atoms with van der Waals surface area (Å²) in [4.78, 5) is 15.9. The quantitative estimate of drug-likeness (QED) is 0.825. The third-order valence-electron chi connectivity index (χ3n) is 2.44. The smallest absolute Gasteiger partial charge is 0.180 e. The number of benzene rings is 1. The Hall–Kier alpha value is -1.46. The van der Waals surface area contributed by atoms with E-state index in [1.165, 1.54) is 18.4 Å². The normalized spacial score (nSPS) is 10.7. The molecule has 1 aromatic carbocycles. The lowest BCUT2D eigenvalue weighted by Crippen LogP contribution is -2.15. The number of hydrogen-bond donors (Lipinski definition) is 1. The topological polar surface area (TPSA) is 65.2 Å². The van der Waals surface area contributed by atoms with Crippen LogP contribution in [0.3, 0.4) is 0 Å². The molecule has 1 aromatic heterocycles. The number of nitrogens with two attached hydrogens (primary N) is 1. The summed E-state index contributed by atoms with van der Waals surface area (Å²) in [7, 11) is 1.54. The largest absolute Gasteiger partial charge is 0.494 e. The second-order valence-corrected chi connectivity index (χ2v) is 4.29. The van der Waals surface area contributed by atoms with Gasteiger partial charge < -0.3 is 10.5 Å². The minimum Gasteiger partial charge on any atom is -0.494 e. The van der Waals surface area contributed by atoms with Gasteiger partial charge in [-0.15, -0.1) is 11.3 Å². The fraction of sp³-hybridized carbons (Fsp3) is 0.273. The number of rotatable bonds is 3. The molecule has 2 rings (SSSR count). The second-order valence-electron chi connectivity index (χ2n) is 3.43. The number of nitrogens with zero attached hydrogens (tertiary/aromatic N) is 1. The molecule has 4 nitrogen and oxygen atoms in total. The van der Waals surface area contributed by atoms with Crippen LogP contribution in [0.4, 0.5) is 0 Å². The third-order valence-corrected chi connectivity index (χ3v) is 3.40. The zero-order valence-corrected chi connectivity index (χ0v) is 9.93. The lowest BCUT2D eigenvalue weighted by atomic mass is 10.1. The molecular formula is C11H12N2O2S. The fourth-order valence-corrected chi connectivity index (χ4v) is 2.45. The molecule has 0 unspecified atom stereocenters. The molecule has 0 aliphatic heterocycles. The van der Waals surface area contributed by atoms with Crippen LogP contribution in [0.5, 0.6) is 5.75 Å². The van der Waals surface area contributed by atoms with Crippen molar-refractivity contribution < 1.29 is 9.53 Å². The Balaban J connectivity index is 2.78. The molecule has 0 aliphatic rings. The maximum Gasteiger partial charge on any atom is 0.180 e. The molecule has 0 saturated heterocycles. The zero-order chi connectivity index (χ0) is 11.7. The molecular weight excluding hydrogens is 224 g/mol. The lowest BCUT2D eigenvalue weighted by molar-refractivity contribution is 0.0998. The van der Waals surface area contributed by atoms with Gasteiger partial charge >= 0.3 is 0 Å². The summed E-state index contributed by atoms with van der Waals surface area (Å²) in [5, 5.41) is 0. The molecule has 5 heteroatoms. The molecule has 0 saturated carbocycles. The summed E-state index contributed by atoms with van der Waals surface area (Å²) in [5.74, 6) is 0.396. The number of hydrogen-bond acceptors (Lipinski definition) is 5. The van der Waals surface area contributed by atoms with Crippen molar-refractivity contribution in [2.24, 2.45) is 5.73 Å². The van der Waals surface area contributed by atoms with E-state index in [4.69, 9.17) is 10.5 Å². The van der Waals surface area contributed by atoms with Crippen molar-refractivity contribution in [1.29, 1.82) is 0 Å². The number of ether oxygens (including phenoxy) is 1. The van der Waals surface area contributed by atoms with Gasteiger partial charge in [0, 0.05) is 0 Å². The van der Waals surface area contributed by atoms with Crippen molar-refractivity contribution >= 4 is 27.3 Å². The number of aryl methyl sites for hydroxylation is 1.